The van der Waals surface area contributed by atoms with Gasteiger partial charge in [-0.3, -0.25) is 5.32 Å². The van der Waals surface area contributed by atoms with Gasteiger partial charge in [-0.1, -0.05) is 13.0 Å². The van der Waals surface area contributed by atoms with E-state index in [9.17, 15) is 9.18 Å². The molecule has 0 heterocycles. The highest BCUT2D eigenvalue weighted by atomic mass is 19.1. The quantitative estimate of drug-likeness (QED) is 0.886. The Morgan fingerprint density at radius 3 is 2.60 bits per heavy atom. The van der Waals surface area contributed by atoms with Crippen molar-refractivity contribution in [1.82, 2.24) is 0 Å². The van der Waals surface area contributed by atoms with Crippen LogP contribution < -0.4 is 11.1 Å². The van der Waals surface area contributed by atoms with Crippen molar-refractivity contribution in [2.45, 2.75) is 45.6 Å². The molecule has 0 bridgehead atoms. The Balaban J connectivity index is 2.75. The predicted molar refractivity (Wildman–Crippen MR) is 78.3 cm³/mol. The number of nitrogens with one attached hydrogen (secondary N) is 1. The van der Waals surface area contributed by atoms with Gasteiger partial charge in [0.25, 0.3) is 0 Å². The number of carbonyl (C=O) groups excluding carboxylic acids is 1. The highest BCUT2D eigenvalue weighted by Crippen LogP contribution is 2.24. The molecule has 1 aromatic carbocycles. The standard InChI is InChI=1S/C15H23FN2O2/c1-10(7-8-17)12-6-5-11(9-13(12)16)18-14(19)20-15(2,3)4/h5-6,9-10H,7-8,17H2,1-4H3,(H,18,19). The van der Waals surface area contributed by atoms with Gasteiger partial charge in [0.15, 0.2) is 0 Å². The lowest BCUT2D eigenvalue weighted by molar-refractivity contribution is 0.0636. The van der Waals surface area contributed by atoms with E-state index in [0.29, 0.717) is 17.8 Å². The summed E-state index contributed by atoms with van der Waals surface area (Å²) in [5.74, 6) is -0.296. The minimum absolute atomic E-state index is 0.0515. The lowest BCUT2D eigenvalue weighted by Gasteiger charge is -2.20. The SMILES string of the molecule is CC(CCN)c1ccc(NC(=O)OC(C)(C)C)cc1F. The molecule has 3 N–H and O–H groups in total. The Kier molecular flexibility index (Phi) is 5.51. The van der Waals surface area contributed by atoms with Crippen LogP contribution in [0.1, 0.15) is 45.6 Å². The van der Waals surface area contributed by atoms with E-state index in [1.807, 2.05) is 6.92 Å². The number of hydrogen-bond acceptors (Lipinski definition) is 3. The number of hydrogen-bond donors (Lipinski definition) is 2. The molecule has 20 heavy (non-hydrogen) atoms. The van der Waals surface area contributed by atoms with Crippen molar-refractivity contribution < 1.29 is 13.9 Å². The highest BCUT2D eigenvalue weighted by Gasteiger charge is 2.17. The van der Waals surface area contributed by atoms with Crippen LogP contribution >= 0.6 is 0 Å². The molecule has 0 saturated carbocycles. The van der Waals surface area contributed by atoms with Gasteiger partial charge in [-0.05, 0) is 57.4 Å². The van der Waals surface area contributed by atoms with Gasteiger partial charge < -0.3 is 10.5 Å². The monoisotopic (exact) mass is 282 g/mol. The molecule has 1 amide bonds. The Bertz CT molecular complexity index is 469. The molecule has 1 unspecified atom stereocenters. The number of carbonyl (C=O) groups is 1. The summed E-state index contributed by atoms with van der Waals surface area (Å²) in [4.78, 5) is 11.6. The maximum Gasteiger partial charge on any atom is 0.412 e. The first kappa shape index (κ1) is 16.4. The maximum atomic E-state index is 14.0. The average Bonchev–Trinajstić information content (AvgIpc) is 2.26. The second-order valence-corrected chi connectivity index (χ2v) is 5.84. The van der Waals surface area contributed by atoms with Crippen LogP contribution in [0.3, 0.4) is 0 Å². The molecule has 0 radical (unpaired) electrons. The van der Waals surface area contributed by atoms with E-state index in [-0.39, 0.29) is 11.7 Å². The van der Waals surface area contributed by atoms with Gasteiger partial charge in [0.2, 0.25) is 0 Å². The number of anilines is 1. The van der Waals surface area contributed by atoms with Crippen LogP contribution in [0.25, 0.3) is 0 Å². The summed E-state index contributed by atoms with van der Waals surface area (Å²) in [6.45, 7) is 7.74. The van der Waals surface area contributed by atoms with Crippen LogP contribution in [0.4, 0.5) is 14.9 Å². The molecular formula is C15H23FN2O2. The average molecular weight is 282 g/mol. The second kappa shape index (κ2) is 6.70. The van der Waals surface area contributed by atoms with Crippen LogP contribution in [-0.2, 0) is 4.74 Å². The number of halogens is 1. The van der Waals surface area contributed by atoms with Crippen molar-refractivity contribution in [3.63, 3.8) is 0 Å². The normalized spacial score (nSPS) is 12.9. The zero-order valence-corrected chi connectivity index (χ0v) is 12.5. The first-order valence-electron chi connectivity index (χ1n) is 6.72. The van der Waals surface area contributed by atoms with Crippen LogP contribution in [-0.4, -0.2) is 18.2 Å². The van der Waals surface area contributed by atoms with Crippen molar-refractivity contribution >= 4 is 11.8 Å². The van der Waals surface area contributed by atoms with Gasteiger partial charge in [0.1, 0.15) is 11.4 Å². The molecule has 1 atom stereocenters. The number of nitrogens with two attached hydrogens (primary N) is 1. The zero-order chi connectivity index (χ0) is 15.3. The van der Waals surface area contributed by atoms with Gasteiger partial charge in [-0.25, -0.2) is 9.18 Å². The number of benzene rings is 1. The Morgan fingerprint density at radius 2 is 2.10 bits per heavy atom. The van der Waals surface area contributed by atoms with Gasteiger partial charge >= 0.3 is 6.09 Å². The van der Waals surface area contributed by atoms with Crippen molar-refractivity contribution in [2.75, 3.05) is 11.9 Å². The fraction of sp³-hybridized carbons (Fsp3) is 0.533. The molecule has 5 heteroatoms. The summed E-state index contributed by atoms with van der Waals surface area (Å²) in [5, 5.41) is 2.51. The Hall–Kier alpha value is -1.62. The third-order valence-corrected chi connectivity index (χ3v) is 2.78. The fourth-order valence-electron chi connectivity index (χ4n) is 1.83. The van der Waals surface area contributed by atoms with E-state index in [0.717, 1.165) is 6.42 Å². The number of amides is 1. The first-order valence-corrected chi connectivity index (χ1v) is 6.72. The van der Waals surface area contributed by atoms with Crippen LogP contribution in [0.15, 0.2) is 18.2 Å². The third-order valence-electron chi connectivity index (χ3n) is 2.78. The molecule has 0 aromatic heterocycles. The molecule has 4 nitrogen and oxygen atoms in total. The Labute approximate surface area is 119 Å². The lowest BCUT2D eigenvalue weighted by Crippen LogP contribution is -2.27. The lowest BCUT2D eigenvalue weighted by atomic mass is 9.97. The molecule has 1 rings (SSSR count). The van der Waals surface area contributed by atoms with E-state index in [2.05, 4.69) is 5.32 Å². The minimum Gasteiger partial charge on any atom is -0.444 e. The smallest absolute Gasteiger partial charge is 0.412 e. The summed E-state index contributed by atoms with van der Waals surface area (Å²) >= 11 is 0. The van der Waals surface area contributed by atoms with Crippen molar-refractivity contribution in [2.24, 2.45) is 5.73 Å². The van der Waals surface area contributed by atoms with Gasteiger partial charge in [-0.15, -0.1) is 0 Å². The van der Waals surface area contributed by atoms with E-state index in [1.165, 1.54) is 6.07 Å². The molecule has 0 spiro atoms. The fourth-order valence-corrected chi connectivity index (χ4v) is 1.83. The third kappa shape index (κ3) is 5.17. The first-order chi connectivity index (χ1) is 9.23. The molecule has 0 aliphatic rings. The molecule has 0 saturated heterocycles. The predicted octanol–water partition coefficient (Wildman–Crippen LogP) is 3.63. The summed E-state index contributed by atoms with van der Waals surface area (Å²) in [6, 6.07) is 4.63. The Morgan fingerprint density at radius 1 is 1.45 bits per heavy atom. The molecule has 1 aromatic rings. The van der Waals surface area contributed by atoms with Crippen LogP contribution in [0, 0.1) is 5.82 Å². The molecular weight excluding hydrogens is 259 g/mol. The van der Waals surface area contributed by atoms with Crippen molar-refractivity contribution in [3.8, 4) is 0 Å². The van der Waals surface area contributed by atoms with Crippen LogP contribution in [0.2, 0.25) is 0 Å². The van der Waals surface area contributed by atoms with E-state index in [4.69, 9.17) is 10.5 Å². The van der Waals surface area contributed by atoms with Gasteiger partial charge in [0.05, 0.1) is 0 Å². The summed E-state index contributed by atoms with van der Waals surface area (Å²) in [5.41, 5.74) is 5.87. The molecule has 112 valence electrons. The summed E-state index contributed by atoms with van der Waals surface area (Å²) in [7, 11) is 0. The zero-order valence-electron chi connectivity index (χ0n) is 12.5. The topological polar surface area (TPSA) is 64.3 Å². The van der Waals surface area contributed by atoms with E-state index >= 15 is 0 Å². The van der Waals surface area contributed by atoms with Crippen molar-refractivity contribution in [1.29, 1.82) is 0 Å². The van der Waals surface area contributed by atoms with Gasteiger partial charge in [0, 0.05) is 5.69 Å². The van der Waals surface area contributed by atoms with Crippen LogP contribution in [0.5, 0.6) is 0 Å². The molecule has 0 fully saturated rings. The number of rotatable bonds is 4. The largest absolute Gasteiger partial charge is 0.444 e. The highest BCUT2D eigenvalue weighted by molar-refractivity contribution is 5.84. The molecule has 0 aliphatic heterocycles. The molecule has 0 aliphatic carbocycles. The number of ether oxygens (including phenoxy) is 1. The minimum atomic E-state index is -0.598. The van der Waals surface area contributed by atoms with E-state index < -0.39 is 11.7 Å². The summed E-state index contributed by atoms with van der Waals surface area (Å²) < 4.78 is 19.1. The van der Waals surface area contributed by atoms with Crippen molar-refractivity contribution in [3.05, 3.63) is 29.6 Å². The second-order valence-electron chi connectivity index (χ2n) is 5.84. The van der Waals surface area contributed by atoms with E-state index in [1.54, 1.807) is 32.9 Å². The maximum absolute atomic E-state index is 14.0. The summed E-state index contributed by atoms with van der Waals surface area (Å²) in [6.07, 6.45) is 0.120. The van der Waals surface area contributed by atoms with Gasteiger partial charge in [-0.2, -0.15) is 0 Å².